The molecule has 6 N–H and O–H groups in total. The van der Waals surface area contributed by atoms with Gasteiger partial charge in [-0.2, -0.15) is 4.98 Å². The molecule has 0 saturated heterocycles. The molecule has 224 valence electrons. The molecule has 8 nitrogen and oxygen atoms in total. The summed E-state index contributed by atoms with van der Waals surface area (Å²) in [5.41, 5.74) is 13.0. The van der Waals surface area contributed by atoms with Gasteiger partial charge in [0.2, 0.25) is 0 Å². The fourth-order valence-corrected chi connectivity index (χ4v) is 4.98. The zero-order chi connectivity index (χ0) is 30.4. The first-order valence-corrected chi connectivity index (χ1v) is 14.2. The van der Waals surface area contributed by atoms with Crippen LogP contribution in [0.5, 0.6) is 0 Å². The van der Waals surface area contributed by atoms with Crippen LogP contribution in [0.1, 0.15) is 50.3 Å². The Balaban J connectivity index is 1.56. The van der Waals surface area contributed by atoms with Crippen molar-refractivity contribution in [2.45, 2.75) is 51.6 Å². The largest absolute Gasteiger partial charge is 0.388 e. The Morgan fingerprint density at radius 1 is 1.21 bits per heavy atom. The normalized spacial score (nSPS) is 13.5. The fourth-order valence-electron chi connectivity index (χ4n) is 4.74. The second-order valence-corrected chi connectivity index (χ2v) is 10.8. The van der Waals surface area contributed by atoms with E-state index in [1.54, 1.807) is 31.2 Å². The summed E-state index contributed by atoms with van der Waals surface area (Å²) < 4.78 is 44.1. The molecular weight excluding hydrogens is 567 g/mol. The minimum atomic E-state index is -0.624. The molecule has 4 rings (SSSR count). The lowest BCUT2D eigenvalue weighted by Crippen LogP contribution is -2.23. The van der Waals surface area contributed by atoms with E-state index in [0.29, 0.717) is 60.5 Å². The van der Waals surface area contributed by atoms with Gasteiger partial charge in [0.1, 0.15) is 18.1 Å². The summed E-state index contributed by atoms with van der Waals surface area (Å²) in [5.74, 6) is -0.561. The second-order valence-electron chi connectivity index (χ2n) is 10.4. The molecule has 4 aromatic rings. The maximum absolute atomic E-state index is 15.1. The van der Waals surface area contributed by atoms with Gasteiger partial charge < -0.3 is 21.8 Å². The van der Waals surface area contributed by atoms with Crippen LogP contribution >= 0.6 is 11.6 Å². The second kappa shape index (κ2) is 14.0. The molecule has 2 unspecified atom stereocenters. The average molecular weight is 602 g/mol. The lowest BCUT2D eigenvalue weighted by molar-refractivity contribution is 0.407. The highest BCUT2D eigenvalue weighted by Crippen LogP contribution is 2.31. The lowest BCUT2D eigenvalue weighted by Gasteiger charge is -2.16. The topological polar surface area (TPSA) is 127 Å². The van der Waals surface area contributed by atoms with E-state index in [2.05, 4.69) is 20.3 Å². The Morgan fingerprint density at radius 2 is 2.00 bits per heavy atom. The van der Waals surface area contributed by atoms with Crippen LogP contribution in [0.3, 0.4) is 0 Å². The summed E-state index contributed by atoms with van der Waals surface area (Å²) in [6, 6.07) is 8.64. The van der Waals surface area contributed by atoms with E-state index in [1.807, 2.05) is 6.92 Å². The molecule has 0 aliphatic rings. The van der Waals surface area contributed by atoms with Gasteiger partial charge in [-0.15, -0.1) is 0 Å². The zero-order valence-corrected chi connectivity index (χ0v) is 24.3. The van der Waals surface area contributed by atoms with E-state index >= 15 is 8.78 Å². The molecule has 2 aromatic carbocycles. The van der Waals surface area contributed by atoms with Crippen LogP contribution in [-0.2, 0) is 6.42 Å². The summed E-state index contributed by atoms with van der Waals surface area (Å²) in [5, 5.41) is 3.73. The van der Waals surface area contributed by atoms with Crippen molar-refractivity contribution in [3.05, 3.63) is 80.9 Å². The predicted molar refractivity (Wildman–Crippen MR) is 162 cm³/mol. The highest BCUT2D eigenvalue weighted by molar-refractivity contribution is 6.31. The molecule has 0 radical (unpaired) electrons. The van der Waals surface area contributed by atoms with Crippen LogP contribution in [0.4, 0.5) is 13.2 Å². The smallest absolute Gasteiger partial charge is 0.354 e. The van der Waals surface area contributed by atoms with E-state index in [1.165, 1.54) is 22.9 Å². The molecule has 2 heterocycles. The number of hydrogen-bond donors (Lipinski definition) is 4. The van der Waals surface area contributed by atoms with Gasteiger partial charge in [-0.05, 0) is 82.0 Å². The number of amidine groups is 1. The number of nitrogens with zero attached hydrogens (tertiary/aromatic N) is 3. The number of benzene rings is 2. The molecule has 2 atom stereocenters. The Kier molecular flexibility index (Phi) is 10.4. The van der Waals surface area contributed by atoms with Crippen LogP contribution < -0.4 is 22.5 Å². The van der Waals surface area contributed by atoms with E-state index in [-0.39, 0.29) is 22.3 Å². The molecule has 0 fully saturated rings. The van der Waals surface area contributed by atoms with Gasteiger partial charge in [0.15, 0.2) is 5.82 Å². The maximum Gasteiger partial charge on any atom is 0.354 e. The van der Waals surface area contributed by atoms with E-state index < -0.39 is 30.0 Å². The van der Waals surface area contributed by atoms with Gasteiger partial charge in [-0.3, -0.25) is 9.56 Å². The van der Waals surface area contributed by atoms with Crippen molar-refractivity contribution in [3.8, 4) is 16.9 Å². The third-order valence-corrected chi connectivity index (χ3v) is 7.28. The number of halogens is 4. The van der Waals surface area contributed by atoms with Crippen molar-refractivity contribution < 1.29 is 13.2 Å². The Morgan fingerprint density at radius 3 is 2.71 bits per heavy atom. The van der Waals surface area contributed by atoms with Gasteiger partial charge in [-0.25, -0.2) is 18.0 Å². The summed E-state index contributed by atoms with van der Waals surface area (Å²) >= 11 is 6.18. The summed E-state index contributed by atoms with van der Waals surface area (Å²) in [6.07, 6.45) is 3.94. The molecule has 2 aromatic heterocycles. The van der Waals surface area contributed by atoms with E-state index in [4.69, 9.17) is 23.1 Å². The highest BCUT2D eigenvalue weighted by atomic mass is 35.5. The maximum atomic E-state index is 15.1. The first-order chi connectivity index (χ1) is 20.1. The van der Waals surface area contributed by atoms with Crippen molar-refractivity contribution in [3.63, 3.8) is 0 Å². The van der Waals surface area contributed by atoms with Crippen molar-refractivity contribution in [2.75, 3.05) is 19.8 Å². The number of nitrogens with one attached hydrogen (secondary N) is 2. The molecule has 0 spiro atoms. The van der Waals surface area contributed by atoms with E-state index in [0.717, 1.165) is 12.0 Å². The standard InChI is InChI=1S/C30H35ClF3N7O/c1-17(37-9-4-10-38-18(2)35)23-8-7-22(14-26(23)33)41-16-20-13-27(39-29(20)40-30(41)42)24-11-19(12-25(31)28(24)34)5-3-6-21(36)15-32/h7-8,11-14,16-17,21,37H,3-6,9-10,15,36H2,1-2H3,(H2,35,38)(H,39,40,42). The number of aromatic nitrogens is 3. The fraction of sp³-hybridized carbons (Fsp3) is 0.367. The van der Waals surface area contributed by atoms with Crippen molar-refractivity contribution in [1.82, 2.24) is 19.9 Å². The van der Waals surface area contributed by atoms with Crippen LogP contribution in [0.25, 0.3) is 28.0 Å². The van der Waals surface area contributed by atoms with Gasteiger partial charge in [-0.1, -0.05) is 17.7 Å². The minimum absolute atomic E-state index is 0.0538. The first kappa shape index (κ1) is 31.3. The molecular formula is C30H35ClF3N7O. The molecule has 42 heavy (non-hydrogen) atoms. The quantitative estimate of drug-likeness (QED) is 0.0933. The molecule has 12 heteroatoms. The van der Waals surface area contributed by atoms with Crippen LogP contribution in [0, 0.1) is 11.6 Å². The van der Waals surface area contributed by atoms with E-state index in [9.17, 15) is 9.18 Å². The summed E-state index contributed by atoms with van der Waals surface area (Å²) in [6.45, 7) is 4.21. The minimum Gasteiger partial charge on any atom is -0.388 e. The number of aryl methyl sites for hydroxylation is 1. The van der Waals surface area contributed by atoms with Crippen molar-refractivity contribution >= 4 is 28.5 Å². The number of aliphatic imine (C=N–C) groups is 1. The third kappa shape index (κ3) is 7.58. The number of aromatic amines is 1. The predicted octanol–water partition coefficient (Wildman–Crippen LogP) is 5.35. The number of fused-ring (bicyclic) bond motifs is 1. The zero-order valence-electron chi connectivity index (χ0n) is 23.6. The highest BCUT2D eigenvalue weighted by Gasteiger charge is 2.17. The van der Waals surface area contributed by atoms with Crippen molar-refractivity contribution in [1.29, 1.82) is 0 Å². The SMILES string of the molecule is CC(N)=NCCCNC(C)c1ccc(-n2cc3cc(-c4cc(CCCC(N)CF)cc(Cl)c4F)[nH]c3nc2=O)cc1F. The van der Waals surface area contributed by atoms with Crippen molar-refractivity contribution in [2.24, 2.45) is 16.5 Å². The summed E-state index contributed by atoms with van der Waals surface area (Å²) in [4.78, 5) is 24.1. The monoisotopic (exact) mass is 601 g/mol. The van der Waals surface area contributed by atoms with Gasteiger partial charge in [0.05, 0.1) is 22.2 Å². The Hall–Kier alpha value is -3.67. The lowest BCUT2D eigenvalue weighted by atomic mass is 10.0. The van der Waals surface area contributed by atoms with Crippen LogP contribution in [-0.4, -0.2) is 46.2 Å². The number of alkyl halides is 1. The van der Waals surface area contributed by atoms with Gasteiger partial charge >= 0.3 is 5.69 Å². The van der Waals surface area contributed by atoms with Gasteiger partial charge in [0, 0.05) is 41.3 Å². The molecule has 0 aliphatic heterocycles. The third-order valence-electron chi connectivity index (χ3n) is 7.00. The number of H-pyrrole nitrogens is 1. The number of nitrogens with two attached hydrogens (primary N) is 2. The number of rotatable bonds is 13. The average Bonchev–Trinajstić information content (AvgIpc) is 3.36. The Labute approximate surface area is 247 Å². The first-order valence-electron chi connectivity index (χ1n) is 13.8. The van der Waals surface area contributed by atoms with Gasteiger partial charge in [0.25, 0.3) is 0 Å². The number of hydrogen-bond acceptors (Lipinski definition) is 5. The molecule has 0 aliphatic carbocycles. The molecule has 0 saturated carbocycles. The van der Waals surface area contributed by atoms with Crippen LogP contribution in [0.15, 0.2) is 52.4 Å². The molecule has 0 bridgehead atoms. The van der Waals surface area contributed by atoms with Crippen LogP contribution in [0.2, 0.25) is 5.02 Å². The Bertz CT molecular complexity index is 1630. The summed E-state index contributed by atoms with van der Waals surface area (Å²) in [7, 11) is 0. The molecule has 0 amide bonds.